The van der Waals surface area contributed by atoms with Crippen LogP contribution in [0.3, 0.4) is 0 Å². The zero-order chi connectivity index (χ0) is 17.9. The van der Waals surface area contributed by atoms with Gasteiger partial charge in [0, 0.05) is 44.4 Å². The van der Waals surface area contributed by atoms with Gasteiger partial charge in [-0.05, 0) is 18.2 Å². The number of halogens is 3. The molecule has 0 radical (unpaired) electrons. The molecule has 5 nitrogen and oxygen atoms in total. The van der Waals surface area contributed by atoms with Crippen LogP contribution in [0.15, 0.2) is 42.7 Å². The zero-order valence-electron chi connectivity index (χ0n) is 13.2. The Kier molecular flexibility index (Phi) is 4.87. The molecule has 0 atom stereocenters. The maximum Gasteiger partial charge on any atom is 0.417 e. The van der Waals surface area contributed by atoms with Gasteiger partial charge in [-0.3, -0.25) is 9.78 Å². The van der Waals surface area contributed by atoms with Crippen molar-refractivity contribution in [2.24, 2.45) is 0 Å². The molecule has 0 unspecified atom stereocenters. The van der Waals surface area contributed by atoms with Gasteiger partial charge in [0.25, 0.3) is 5.91 Å². The van der Waals surface area contributed by atoms with Crippen LogP contribution in [0.4, 0.5) is 13.2 Å². The van der Waals surface area contributed by atoms with Crippen molar-refractivity contribution in [2.45, 2.75) is 25.1 Å². The average Bonchev–Trinajstić information content (AvgIpc) is 2.62. The van der Waals surface area contributed by atoms with Crippen molar-refractivity contribution in [3.8, 4) is 5.88 Å². The number of ether oxygens (including phenoxy) is 1. The summed E-state index contributed by atoms with van der Waals surface area (Å²) in [6.07, 6.45) is -1.10. The number of carbonyl (C=O) groups excluding carboxylic acids is 1. The van der Waals surface area contributed by atoms with E-state index in [1.807, 2.05) is 0 Å². The Balaban J connectivity index is 1.53. The van der Waals surface area contributed by atoms with Gasteiger partial charge in [0.05, 0.1) is 5.56 Å². The minimum absolute atomic E-state index is 0.133. The second-order valence-corrected chi connectivity index (χ2v) is 5.71. The highest BCUT2D eigenvalue weighted by Crippen LogP contribution is 2.29. The number of aromatic nitrogens is 2. The summed E-state index contributed by atoms with van der Waals surface area (Å²) in [7, 11) is 0. The number of likely N-dealkylation sites (tertiary alicyclic amines) is 1. The Morgan fingerprint density at radius 2 is 1.88 bits per heavy atom. The van der Waals surface area contributed by atoms with Crippen LogP contribution in [0.5, 0.6) is 5.88 Å². The Morgan fingerprint density at radius 3 is 2.44 bits per heavy atom. The van der Waals surface area contributed by atoms with Gasteiger partial charge in [0.15, 0.2) is 0 Å². The normalized spacial score (nSPS) is 15.9. The first-order valence-corrected chi connectivity index (χ1v) is 7.84. The lowest BCUT2D eigenvalue weighted by Crippen LogP contribution is -2.42. The molecule has 0 spiro atoms. The molecule has 0 saturated carbocycles. The van der Waals surface area contributed by atoms with Gasteiger partial charge < -0.3 is 9.64 Å². The van der Waals surface area contributed by atoms with Crippen molar-refractivity contribution in [3.05, 3.63) is 54.0 Å². The molecule has 132 valence electrons. The molecule has 0 bridgehead atoms. The fourth-order valence-electron chi connectivity index (χ4n) is 2.62. The van der Waals surface area contributed by atoms with Crippen LogP contribution in [0, 0.1) is 0 Å². The molecule has 1 saturated heterocycles. The van der Waals surface area contributed by atoms with Crippen molar-refractivity contribution in [1.82, 2.24) is 14.9 Å². The number of pyridine rings is 2. The molecule has 3 rings (SSSR count). The minimum Gasteiger partial charge on any atom is -0.474 e. The highest BCUT2D eigenvalue weighted by molar-refractivity contribution is 5.92. The number of hydrogen-bond acceptors (Lipinski definition) is 4. The van der Waals surface area contributed by atoms with Crippen LogP contribution in [0.25, 0.3) is 0 Å². The van der Waals surface area contributed by atoms with E-state index in [1.54, 1.807) is 29.3 Å². The molecule has 25 heavy (non-hydrogen) atoms. The molecule has 1 amide bonds. The molecule has 8 heteroatoms. The molecule has 1 fully saturated rings. The summed E-state index contributed by atoms with van der Waals surface area (Å²) in [5.74, 6) is 0.0224. The third kappa shape index (κ3) is 4.26. The molecule has 2 aromatic rings. The highest BCUT2D eigenvalue weighted by atomic mass is 19.4. The van der Waals surface area contributed by atoms with Crippen molar-refractivity contribution in [3.63, 3.8) is 0 Å². The van der Waals surface area contributed by atoms with Crippen molar-refractivity contribution >= 4 is 5.91 Å². The number of nitrogens with zero attached hydrogens (tertiary/aromatic N) is 3. The number of alkyl halides is 3. The van der Waals surface area contributed by atoms with Gasteiger partial charge in [0.1, 0.15) is 11.8 Å². The Labute approximate surface area is 142 Å². The summed E-state index contributed by atoms with van der Waals surface area (Å²) in [6, 6.07) is 7.33. The maximum atomic E-state index is 12.5. The Morgan fingerprint density at radius 1 is 1.12 bits per heavy atom. The second-order valence-electron chi connectivity index (χ2n) is 5.71. The van der Waals surface area contributed by atoms with E-state index in [9.17, 15) is 18.0 Å². The predicted molar refractivity (Wildman–Crippen MR) is 83.0 cm³/mol. The zero-order valence-corrected chi connectivity index (χ0v) is 13.2. The lowest BCUT2D eigenvalue weighted by atomic mass is 10.1. The number of hydrogen-bond donors (Lipinski definition) is 0. The summed E-state index contributed by atoms with van der Waals surface area (Å²) in [5.41, 5.74) is -0.415. The van der Waals surface area contributed by atoms with Gasteiger partial charge in [0.2, 0.25) is 5.88 Å². The Bertz CT molecular complexity index is 712. The molecule has 1 aliphatic heterocycles. The SMILES string of the molecule is O=C(c1ccccn1)N1CCC(Oc2ccc(C(F)(F)F)cn2)CC1. The largest absolute Gasteiger partial charge is 0.474 e. The second kappa shape index (κ2) is 7.08. The molecule has 0 aromatic carbocycles. The van der Waals surface area contributed by atoms with Crippen LogP contribution in [0.2, 0.25) is 0 Å². The van der Waals surface area contributed by atoms with E-state index < -0.39 is 11.7 Å². The summed E-state index contributed by atoms with van der Waals surface area (Å²) in [4.78, 5) is 21.7. The topological polar surface area (TPSA) is 55.3 Å². The van der Waals surface area contributed by atoms with Gasteiger partial charge in [-0.1, -0.05) is 6.07 Å². The molecule has 0 N–H and O–H groups in total. The molecular formula is C17H16F3N3O2. The van der Waals surface area contributed by atoms with Gasteiger partial charge >= 0.3 is 6.18 Å². The maximum absolute atomic E-state index is 12.5. The predicted octanol–water partition coefficient (Wildman–Crippen LogP) is 3.18. The number of piperidine rings is 1. The quantitative estimate of drug-likeness (QED) is 0.852. The molecule has 2 aromatic heterocycles. The fourth-order valence-corrected chi connectivity index (χ4v) is 2.62. The third-order valence-electron chi connectivity index (χ3n) is 3.96. The first-order chi connectivity index (χ1) is 11.9. The van der Waals surface area contributed by atoms with Gasteiger partial charge in [-0.2, -0.15) is 13.2 Å². The summed E-state index contributed by atoms with van der Waals surface area (Å²) in [5, 5.41) is 0. The van der Waals surface area contributed by atoms with E-state index in [2.05, 4.69) is 9.97 Å². The van der Waals surface area contributed by atoms with Crippen LogP contribution in [-0.4, -0.2) is 40.0 Å². The molecule has 1 aliphatic rings. The number of carbonyl (C=O) groups is 1. The minimum atomic E-state index is -4.41. The highest BCUT2D eigenvalue weighted by Gasteiger charge is 2.31. The van der Waals surface area contributed by atoms with Crippen LogP contribution < -0.4 is 4.74 Å². The van der Waals surface area contributed by atoms with E-state index in [0.29, 0.717) is 31.6 Å². The van der Waals surface area contributed by atoms with Crippen molar-refractivity contribution in [2.75, 3.05) is 13.1 Å². The summed E-state index contributed by atoms with van der Waals surface area (Å²) < 4.78 is 43.2. The monoisotopic (exact) mass is 351 g/mol. The van der Waals surface area contributed by atoms with Crippen LogP contribution in [-0.2, 0) is 6.18 Å². The van der Waals surface area contributed by atoms with Crippen LogP contribution >= 0.6 is 0 Å². The van der Waals surface area contributed by atoms with Crippen molar-refractivity contribution in [1.29, 1.82) is 0 Å². The first-order valence-electron chi connectivity index (χ1n) is 7.84. The number of amides is 1. The van der Waals surface area contributed by atoms with E-state index >= 15 is 0 Å². The summed E-state index contributed by atoms with van der Waals surface area (Å²) in [6.45, 7) is 1.00. The molecule has 0 aliphatic carbocycles. The van der Waals surface area contributed by atoms with E-state index in [4.69, 9.17) is 4.74 Å². The van der Waals surface area contributed by atoms with E-state index in [0.717, 1.165) is 12.3 Å². The lowest BCUT2D eigenvalue weighted by Gasteiger charge is -2.31. The standard InChI is InChI=1S/C17H16F3N3O2/c18-17(19,20)12-4-5-15(22-11-12)25-13-6-9-23(10-7-13)16(24)14-3-1-2-8-21-14/h1-5,8,11,13H,6-7,9-10H2. The van der Waals surface area contributed by atoms with Crippen molar-refractivity contribution < 1.29 is 22.7 Å². The lowest BCUT2D eigenvalue weighted by molar-refractivity contribution is -0.137. The van der Waals surface area contributed by atoms with Crippen LogP contribution in [0.1, 0.15) is 28.9 Å². The Hall–Kier alpha value is -2.64. The average molecular weight is 351 g/mol. The van der Waals surface area contributed by atoms with Gasteiger partial charge in [-0.25, -0.2) is 4.98 Å². The molecule has 3 heterocycles. The van der Waals surface area contributed by atoms with E-state index in [-0.39, 0.29) is 17.9 Å². The van der Waals surface area contributed by atoms with E-state index in [1.165, 1.54) is 6.07 Å². The first kappa shape index (κ1) is 17.2. The fraction of sp³-hybridized carbons (Fsp3) is 0.353. The third-order valence-corrected chi connectivity index (χ3v) is 3.96. The molecular weight excluding hydrogens is 335 g/mol. The smallest absolute Gasteiger partial charge is 0.417 e. The van der Waals surface area contributed by atoms with Gasteiger partial charge in [-0.15, -0.1) is 0 Å². The number of rotatable bonds is 3. The summed E-state index contributed by atoms with van der Waals surface area (Å²) >= 11 is 0.